The number of hydrogen-bond acceptors (Lipinski definition) is 3. The van der Waals surface area contributed by atoms with Gasteiger partial charge >= 0.3 is 5.97 Å². The van der Waals surface area contributed by atoms with E-state index in [1.165, 1.54) is 0 Å². The highest BCUT2D eigenvalue weighted by atomic mass is 16.4. The number of hydrogen-bond donors (Lipinski definition) is 2. The summed E-state index contributed by atoms with van der Waals surface area (Å²) >= 11 is 0. The van der Waals surface area contributed by atoms with Crippen molar-refractivity contribution in [1.82, 2.24) is 5.32 Å². The number of aliphatic carboxylic acids is 1. The molecule has 0 saturated carbocycles. The third kappa shape index (κ3) is 5.42. The molecule has 5 heteroatoms. The van der Waals surface area contributed by atoms with Crippen molar-refractivity contribution < 1.29 is 14.7 Å². The lowest BCUT2D eigenvalue weighted by molar-refractivity contribution is -0.135. The van der Waals surface area contributed by atoms with Gasteiger partial charge in [-0.15, -0.1) is 0 Å². The molecule has 0 aromatic heterocycles. The highest BCUT2D eigenvalue weighted by Crippen LogP contribution is 2.15. The second kappa shape index (κ2) is 7.41. The Morgan fingerprint density at radius 2 is 1.89 bits per heavy atom. The van der Waals surface area contributed by atoms with Gasteiger partial charge in [0, 0.05) is 25.7 Å². The lowest BCUT2D eigenvalue weighted by Crippen LogP contribution is -2.31. The van der Waals surface area contributed by atoms with Gasteiger partial charge in [0.15, 0.2) is 0 Å². The lowest BCUT2D eigenvalue weighted by Gasteiger charge is -2.22. The molecule has 1 aromatic carbocycles. The van der Waals surface area contributed by atoms with Crippen molar-refractivity contribution in [3.05, 3.63) is 29.8 Å². The van der Waals surface area contributed by atoms with Crippen LogP contribution in [0.4, 0.5) is 5.69 Å². The molecular formula is C14H20N2O3. The van der Waals surface area contributed by atoms with Crippen LogP contribution < -0.4 is 10.2 Å². The summed E-state index contributed by atoms with van der Waals surface area (Å²) in [6.45, 7) is 2.47. The van der Waals surface area contributed by atoms with Crippen molar-refractivity contribution in [2.75, 3.05) is 25.0 Å². The number of nitrogens with one attached hydrogen (secondary N) is 1. The average molecular weight is 264 g/mol. The molecule has 0 aliphatic carbocycles. The number of nitrogens with zero attached hydrogens (tertiary/aromatic N) is 1. The van der Waals surface area contributed by atoms with Gasteiger partial charge < -0.3 is 15.3 Å². The molecule has 0 bridgehead atoms. The van der Waals surface area contributed by atoms with Crippen molar-refractivity contribution in [2.24, 2.45) is 0 Å². The van der Waals surface area contributed by atoms with E-state index in [1.54, 1.807) is 11.9 Å². The van der Waals surface area contributed by atoms with Gasteiger partial charge in [0.25, 0.3) is 0 Å². The number of carboxylic acid groups (broad SMARTS) is 1. The molecule has 0 aliphatic heterocycles. The molecule has 0 spiro atoms. The summed E-state index contributed by atoms with van der Waals surface area (Å²) in [5.74, 6) is -0.903. The topological polar surface area (TPSA) is 69.6 Å². The maximum Gasteiger partial charge on any atom is 0.323 e. The number of anilines is 1. The summed E-state index contributed by atoms with van der Waals surface area (Å²) in [6.07, 6.45) is 1.03. The molecular weight excluding hydrogens is 244 g/mol. The van der Waals surface area contributed by atoms with Gasteiger partial charge in [-0.3, -0.25) is 9.59 Å². The third-order valence-corrected chi connectivity index (χ3v) is 2.84. The standard InChI is InChI=1S/C14H20N2O3/c1-11-5-7-12(8-6-11)16(10-14(18)19)9-3-4-13(17)15-2/h5-8H,3-4,9-10H2,1-2H3,(H,15,17)(H,18,19). The molecule has 0 saturated heterocycles. The molecule has 0 heterocycles. The maximum atomic E-state index is 11.2. The van der Waals surface area contributed by atoms with E-state index in [4.69, 9.17) is 5.11 Å². The van der Waals surface area contributed by atoms with Gasteiger partial charge in [0.2, 0.25) is 5.91 Å². The highest BCUT2D eigenvalue weighted by molar-refractivity contribution is 5.76. The van der Waals surface area contributed by atoms with Crippen LogP contribution >= 0.6 is 0 Å². The lowest BCUT2D eigenvalue weighted by atomic mass is 10.2. The van der Waals surface area contributed by atoms with E-state index in [2.05, 4.69) is 5.32 Å². The van der Waals surface area contributed by atoms with E-state index in [-0.39, 0.29) is 12.5 Å². The average Bonchev–Trinajstić information content (AvgIpc) is 2.37. The fraction of sp³-hybridized carbons (Fsp3) is 0.429. The number of carboxylic acids is 1. The normalized spacial score (nSPS) is 10.0. The molecule has 0 radical (unpaired) electrons. The first kappa shape index (κ1) is 15.0. The molecule has 1 rings (SSSR count). The molecule has 0 aliphatic rings. The third-order valence-electron chi connectivity index (χ3n) is 2.84. The number of benzene rings is 1. The van der Waals surface area contributed by atoms with Crippen LogP contribution in [0.2, 0.25) is 0 Å². The van der Waals surface area contributed by atoms with Gasteiger partial charge in [0.05, 0.1) is 0 Å². The summed E-state index contributed by atoms with van der Waals surface area (Å²) in [6, 6.07) is 7.70. The number of amides is 1. The zero-order valence-electron chi connectivity index (χ0n) is 11.3. The molecule has 0 unspecified atom stereocenters. The Hall–Kier alpha value is -2.04. The van der Waals surface area contributed by atoms with Crippen molar-refractivity contribution in [1.29, 1.82) is 0 Å². The van der Waals surface area contributed by atoms with Crippen molar-refractivity contribution in [2.45, 2.75) is 19.8 Å². The summed E-state index contributed by atoms with van der Waals surface area (Å²) < 4.78 is 0. The van der Waals surface area contributed by atoms with Gasteiger partial charge in [-0.05, 0) is 25.5 Å². The molecule has 1 aromatic rings. The highest BCUT2D eigenvalue weighted by Gasteiger charge is 2.11. The van der Waals surface area contributed by atoms with Crippen LogP contribution in [0.5, 0.6) is 0 Å². The molecule has 104 valence electrons. The SMILES string of the molecule is CNC(=O)CCCN(CC(=O)O)c1ccc(C)cc1. The van der Waals surface area contributed by atoms with Crippen molar-refractivity contribution >= 4 is 17.6 Å². The van der Waals surface area contributed by atoms with E-state index >= 15 is 0 Å². The quantitative estimate of drug-likeness (QED) is 0.781. The molecule has 1 amide bonds. The van der Waals surface area contributed by atoms with Crippen LogP contribution in [0.25, 0.3) is 0 Å². The largest absolute Gasteiger partial charge is 0.480 e. The van der Waals surface area contributed by atoms with Crippen molar-refractivity contribution in [3.63, 3.8) is 0 Å². The number of carbonyl (C=O) groups is 2. The molecule has 2 N–H and O–H groups in total. The first-order valence-corrected chi connectivity index (χ1v) is 6.27. The monoisotopic (exact) mass is 264 g/mol. The summed E-state index contributed by atoms with van der Waals surface area (Å²) in [5.41, 5.74) is 1.99. The van der Waals surface area contributed by atoms with E-state index in [0.29, 0.717) is 19.4 Å². The van der Waals surface area contributed by atoms with E-state index < -0.39 is 5.97 Å². The van der Waals surface area contributed by atoms with Gasteiger partial charge in [-0.1, -0.05) is 17.7 Å². The Kier molecular flexibility index (Phi) is 5.85. The van der Waals surface area contributed by atoms with Crippen LogP contribution in [0.15, 0.2) is 24.3 Å². The minimum atomic E-state index is -0.875. The molecule has 19 heavy (non-hydrogen) atoms. The Morgan fingerprint density at radius 1 is 1.26 bits per heavy atom. The zero-order chi connectivity index (χ0) is 14.3. The summed E-state index contributed by atoms with van der Waals surface area (Å²) in [5, 5.41) is 11.5. The van der Waals surface area contributed by atoms with Crippen LogP contribution in [-0.2, 0) is 9.59 Å². The number of carbonyl (C=O) groups excluding carboxylic acids is 1. The molecule has 5 nitrogen and oxygen atoms in total. The van der Waals surface area contributed by atoms with Crippen molar-refractivity contribution in [3.8, 4) is 0 Å². The Labute approximate surface area is 113 Å². The van der Waals surface area contributed by atoms with Gasteiger partial charge in [-0.25, -0.2) is 0 Å². The second-order valence-corrected chi connectivity index (χ2v) is 4.43. The van der Waals surface area contributed by atoms with Crippen LogP contribution in [0, 0.1) is 6.92 Å². The Morgan fingerprint density at radius 3 is 2.42 bits per heavy atom. The smallest absolute Gasteiger partial charge is 0.323 e. The first-order valence-electron chi connectivity index (χ1n) is 6.27. The fourth-order valence-electron chi connectivity index (χ4n) is 1.77. The Bertz CT molecular complexity index is 429. The number of rotatable bonds is 7. The van der Waals surface area contributed by atoms with E-state index in [0.717, 1.165) is 11.3 Å². The summed E-state index contributed by atoms with van der Waals surface area (Å²) in [7, 11) is 1.59. The Balaban J connectivity index is 2.63. The number of aryl methyl sites for hydroxylation is 1. The van der Waals surface area contributed by atoms with Gasteiger partial charge in [0.1, 0.15) is 6.54 Å². The zero-order valence-corrected chi connectivity index (χ0v) is 11.3. The minimum Gasteiger partial charge on any atom is -0.480 e. The minimum absolute atomic E-state index is 0.0285. The second-order valence-electron chi connectivity index (χ2n) is 4.43. The van der Waals surface area contributed by atoms with E-state index in [9.17, 15) is 9.59 Å². The maximum absolute atomic E-state index is 11.2. The predicted molar refractivity (Wildman–Crippen MR) is 74.3 cm³/mol. The van der Waals surface area contributed by atoms with Crippen LogP contribution in [0.3, 0.4) is 0 Å². The molecule has 0 fully saturated rings. The van der Waals surface area contributed by atoms with Crippen LogP contribution in [0.1, 0.15) is 18.4 Å². The predicted octanol–water partition coefficient (Wildman–Crippen LogP) is 1.41. The van der Waals surface area contributed by atoms with Gasteiger partial charge in [-0.2, -0.15) is 0 Å². The fourth-order valence-corrected chi connectivity index (χ4v) is 1.77. The van der Waals surface area contributed by atoms with E-state index in [1.807, 2.05) is 31.2 Å². The summed E-state index contributed by atoms with van der Waals surface area (Å²) in [4.78, 5) is 23.8. The molecule has 0 atom stereocenters. The van der Waals surface area contributed by atoms with Crippen LogP contribution in [-0.4, -0.2) is 37.1 Å². The first-order chi connectivity index (χ1) is 9.02.